The van der Waals surface area contributed by atoms with E-state index in [0.29, 0.717) is 22.7 Å². The molecule has 0 saturated carbocycles. The summed E-state index contributed by atoms with van der Waals surface area (Å²) in [5.74, 6) is 1.65. The first-order chi connectivity index (χ1) is 10.6. The fourth-order valence-corrected chi connectivity index (χ4v) is 2.75. The van der Waals surface area contributed by atoms with Crippen LogP contribution in [0.1, 0.15) is 10.4 Å². The highest BCUT2D eigenvalue weighted by molar-refractivity contribution is 14.1. The summed E-state index contributed by atoms with van der Waals surface area (Å²) in [5.41, 5.74) is 1.19. The molecular formula is C16H16INO4. The molecule has 116 valence electrons. The Morgan fingerprint density at radius 1 is 1.00 bits per heavy atom. The first-order valence-corrected chi connectivity index (χ1v) is 7.54. The van der Waals surface area contributed by atoms with Gasteiger partial charge in [-0.3, -0.25) is 4.79 Å². The van der Waals surface area contributed by atoms with Crippen LogP contribution in [-0.4, -0.2) is 27.2 Å². The van der Waals surface area contributed by atoms with E-state index in [9.17, 15) is 4.79 Å². The van der Waals surface area contributed by atoms with Gasteiger partial charge in [-0.1, -0.05) is 0 Å². The van der Waals surface area contributed by atoms with E-state index >= 15 is 0 Å². The molecule has 0 bridgehead atoms. The molecule has 0 aromatic heterocycles. The van der Waals surface area contributed by atoms with Crippen LogP contribution in [0.25, 0.3) is 0 Å². The summed E-state index contributed by atoms with van der Waals surface area (Å²) in [6.07, 6.45) is 0. The first-order valence-electron chi connectivity index (χ1n) is 6.46. The summed E-state index contributed by atoms with van der Waals surface area (Å²) in [6.45, 7) is 0. The van der Waals surface area contributed by atoms with Gasteiger partial charge in [-0.05, 0) is 59.0 Å². The van der Waals surface area contributed by atoms with E-state index in [-0.39, 0.29) is 5.91 Å². The number of benzene rings is 2. The molecule has 1 N–H and O–H groups in total. The molecule has 2 rings (SSSR count). The Labute approximate surface area is 142 Å². The number of carbonyl (C=O) groups is 1. The second-order valence-corrected chi connectivity index (χ2v) is 5.54. The largest absolute Gasteiger partial charge is 0.497 e. The minimum Gasteiger partial charge on any atom is -0.497 e. The Hall–Kier alpha value is -1.96. The van der Waals surface area contributed by atoms with Gasteiger partial charge in [-0.15, -0.1) is 0 Å². The van der Waals surface area contributed by atoms with Gasteiger partial charge in [0.15, 0.2) is 11.5 Å². The van der Waals surface area contributed by atoms with Gasteiger partial charge in [0, 0.05) is 11.3 Å². The molecule has 0 aliphatic carbocycles. The fourth-order valence-electron chi connectivity index (χ4n) is 1.93. The topological polar surface area (TPSA) is 56.8 Å². The number of anilines is 1. The Morgan fingerprint density at radius 3 is 2.23 bits per heavy atom. The summed E-state index contributed by atoms with van der Waals surface area (Å²) in [6, 6.07) is 10.5. The van der Waals surface area contributed by atoms with Gasteiger partial charge in [0.2, 0.25) is 0 Å². The highest BCUT2D eigenvalue weighted by Crippen LogP contribution is 2.33. The predicted octanol–water partition coefficient (Wildman–Crippen LogP) is 3.57. The van der Waals surface area contributed by atoms with Crippen LogP contribution >= 0.6 is 22.6 Å². The normalized spacial score (nSPS) is 10.0. The van der Waals surface area contributed by atoms with Crippen molar-refractivity contribution in [2.24, 2.45) is 0 Å². The van der Waals surface area contributed by atoms with Gasteiger partial charge in [-0.25, -0.2) is 0 Å². The number of rotatable bonds is 5. The molecule has 0 fully saturated rings. The van der Waals surface area contributed by atoms with Crippen molar-refractivity contribution in [2.75, 3.05) is 26.6 Å². The van der Waals surface area contributed by atoms with Crippen LogP contribution in [-0.2, 0) is 0 Å². The zero-order chi connectivity index (χ0) is 16.1. The van der Waals surface area contributed by atoms with E-state index in [1.165, 1.54) is 0 Å². The minimum atomic E-state index is -0.218. The standard InChI is InChI=1S/C16H16INO4/c1-20-12-6-4-11(5-7-12)18-16(19)10-8-13(17)15(22-3)14(9-10)21-2/h4-9H,1-3H3,(H,18,19). The average molecular weight is 413 g/mol. The number of ether oxygens (including phenoxy) is 3. The molecule has 5 nitrogen and oxygen atoms in total. The van der Waals surface area contributed by atoms with Crippen molar-refractivity contribution >= 4 is 34.2 Å². The minimum absolute atomic E-state index is 0.218. The number of hydrogen-bond acceptors (Lipinski definition) is 4. The lowest BCUT2D eigenvalue weighted by atomic mass is 10.2. The second-order valence-electron chi connectivity index (χ2n) is 4.38. The third-order valence-corrected chi connectivity index (χ3v) is 3.84. The van der Waals surface area contributed by atoms with Crippen LogP contribution in [0.2, 0.25) is 0 Å². The van der Waals surface area contributed by atoms with Crippen LogP contribution in [0.5, 0.6) is 17.2 Å². The molecule has 0 radical (unpaired) electrons. The second kappa shape index (κ2) is 7.35. The maximum atomic E-state index is 12.3. The molecule has 1 amide bonds. The SMILES string of the molecule is COc1ccc(NC(=O)c2cc(I)c(OC)c(OC)c2)cc1. The zero-order valence-corrected chi connectivity index (χ0v) is 14.6. The number of amides is 1. The van der Waals surface area contributed by atoms with Crippen molar-refractivity contribution in [2.45, 2.75) is 0 Å². The highest BCUT2D eigenvalue weighted by atomic mass is 127. The zero-order valence-electron chi connectivity index (χ0n) is 12.5. The molecule has 0 unspecified atom stereocenters. The van der Waals surface area contributed by atoms with Crippen molar-refractivity contribution in [3.05, 3.63) is 45.5 Å². The Balaban J connectivity index is 2.23. The average Bonchev–Trinajstić information content (AvgIpc) is 2.54. The van der Waals surface area contributed by atoms with E-state index in [1.807, 2.05) is 0 Å². The van der Waals surface area contributed by atoms with E-state index in [4.69, 9.17) is 14.2 Å². The van der Waals surface area contributed by atoms with Gasteiger partial charge < -0.3 is 19.5 Å². The smallest absolute Gasteiger partial charge is 0.255 e. The molecule has 0 heterocycles. The predicted molar refractivity (Wildman–Crippen MR) is 93.2 cm³/mol. The van der Waals surface area contributed by atoms with Gasteiger partial charge >= 0.3 is 0 Å². The van der Waals surface area contributed by atoms with Crippen LogP contribution in [0.4, 0.5) is 5.69 Å². The van der Waals surface area contributed by atoms with Crippen LogP contribution in [0.3, 0.4) is 0 Å². The van der Waals surface area contributed by atoms with Gasteiger partial charge in [0.25, 0.3) is 5.91 Å². The summed E-state index contributed by atoms with van der Waals surface area (Å²) in [5, 5.41) is 2.83. The maximum Gasteiger partial charge on any atom is 0.255 e. The van der Waals surface area contributed by atoms with Crippen LogP contribution in [0.15, 0.2) is 36.4 Å². The molecule has 6 heteroatoms. The van der Waals surface area contributed by atoms with Crippen LogP contribution < -0.4 is 19.5 Å². The third-order valence-electron chi connectivity index (χ3n) is 3.04. The van der Waals surface area contributed by atoms with Gasteiger partial charge in [0.1, 0.15) is 5.75 Å². The lowest BCUT2D eigenvalue weighted by molar-refractivity contribution is 0.102. The van der Waals surface area contributed by atoms with Crippen molar-refractivity contribution < 1.29 is 19.0 Å². The molecule has 0 atom stereocenters. The number of methoxy groups -OCH3 is 3. The maximum absolute atomic E-state index is 12.3. The van der Waals surface area contributed by atoms with Crippen molar-refractivity contribution in [1.29, 1.82) is 0 Å². The Kier molecular flexibility index (Phi) is 5.48. The summed E-state index contributed by atoms with van der Waals surface area (Å²) < 4.78 is 16.4. The first kappa shape index (κ1) is 16.4. The molecule has 22 heavy (non-hydrogen) atoms. The van der Waals surface area contributed by atoms with Gasteiger partial charge in [-0.2, -0.15) is 0 Å². The monoisotopic (exact) mass is 413 g/mol. The summed E-state index contributed by atoms with van der Waals surface area (Å²) in [7, 11) is 4.70. The van der Waals surface area contributed by atoms with Crippen molar-refractivity contribution in [3.8, 4) is 17.2 Å². The van der Waals surface area contributed by atoms with E-state index < -0.39 is 0 Å². The third kappa shape index (κ3) is 3.62. The quantitative estimate of drug-likeness (QED) is 0.762. The van der Waals surface area contributed by atoms with Gasteiger partial charge in [0.05, 0.1) is 24.9 Å². The van der Waals surface area contributed by atoms with E-state index in [1.54, 1.807) is 57.7 Å². The highest BCUT2D eigenvalue weighted by Gasteiger charge is 2.15. The lowest BCUT2D eigenvalue weighted by Gasteiger charge is -2.12. The fraction of sp³-hybridized carbons (Fsp3) is 0.188. The molecule has 0 aliphatic heterocycles. The number of hydrogen-bond donors (Lipinski definition) is 1. The number of nitrogens with one attached hydrogen (secondary N) is 1. The molecule has 2 aromatic carbocycles. The molecule has 0 saturated heterocycles. The van der Waals surface area contributed by atoms with E-state index in [0.717, 1.165) is 9.32 Å². The Bertz CT molecular complexity index is 671. The summed E-state index contributed by atoms with van der Waals surface area (Å²) >= 11 is 2.11. The molecule has 2 aromatic rings. The molecular weight excluding hydrogens is 397 g/mol. The molecule has 0 aliphatic rings. The Morgan fingerprint density at radius 2 is 1.68 bits per heavy atom. The lowest BCUT2D eigenvalue weighted by Crippen LogP contribution is -2.12. The van der Waals surface area contributed by atoms with E-state index in [2.05, 4.69) is 27.9 Å². The van der Waals surface area contributed by atoms with Crippen molar-refractivity contribution in [1.82, 2.24) is 0 Å². The summed E-state index contributed by atoms with van der Waals surface area (Å²) in [4.78, 5) is 12.3. The number of carbonyl (C=O) groups excluding carboxylic acids is 1. The van der Waals surface area contributed by atoms with Crippen LogP contribution in [0, 0.1) is 3.57 Å². The molecule has 0 spiro atoms. The van der Waals surface area contributed by atoms with Crippen molar-refractivity contribution in [3.63, 3.8) is 0 Å². The number of halogens is 1.